The summed E-state index contributed by atoms with van der Waals surface area (Å²) in [6.07, 6.45) is 8.78. The van der Waals surface area contributed by atoms with Crippen LogP contribution in [0.1, 0.15) is 56.0 Å². The summed E-state index contributed by atoms with van der Waals surface area (Å²) in [6, 6.07) is 11.9. The maximum atomic E-state index is 6.02. The minimum atomic E-state index is 0.0763. The zero-order valence-corrected chi connectivity index (χ0v) is 15.3. The molecule has 0 amide bonds. The molecular formula is C21H29N3O. The standard InChI is InChI=1S/C21H29N3O/c1-15-12-17(16-6-4-3-5-7-16)14-18(13-15)23-19-8-11-25-20(19)21-22-9-10-24(21)2/h3-7,9-10,15,17-20,23H,8,11-14H2,1-2H3/t15?,17?,18?,19-,20-/m0/s1. The molecular weight excluding hydrogens is 310 g/mol. The van der Waals surface area contributed by atoms with Crippen LogP contribution in [0.5, 0.6) is 0 Å². The predicted octanol–water partition coefficient (Wildman–Crippen LogP) is 3.81. The summed E-state index contributed by atoms with van der Waals surface area (Å²) < 4.78 is 8.11. The summed E-state index contributed by atoms with van der Waals surface area (Å²) in [6.45, 7) is 3.21. The maximum absolute atomic E-state index is 6.02. The van der Waals surface area contributed by atoms with Crippen molar-refractivity contribution in [2.45, 2.75) is 56.7 Å². The first-order valence-electron chi connectivity index (χ1n) is 9.60. The van der Waals surface area contributed by atoms with Crippen molar-refractivity contribution in [2.24, 2.45) is 13.0 Å². The Balaban J connectivity index is 1.45. The van der Waals surface area contributed by atoms with E-state index in [1.807, 2.05) is 12.4 Å². The number of aromatic nitrogens is 2. The fourth-order valence-electron chi connectivity index (χ4n) is 4.71. The van der Waals surface area contributed by atoms with Crippen molar-refractivity contribution in [2.75, 3.05) is 6.61 Å². The van der Waals surface area contributed by atoms with Crippen LogP contribution in [0.3, 0.4) is 0 Å². The Labute approximate surface area is 150 Å². The fraction of sp³-hybridized carbons (Fsp3) is 0.571. The van der Waals surface area contributed by atoms with Gasteiger partial charge < -0.3 is 14.6 Å². The van der Waals surface area contributed by atoms with Gasteiger partial charge in [0, 0.05) is 38.1 Å². The average Bonchev–Trinajstić information content (AvgIpc) is 3.23. The summed E-state index contributed by atoms with van der Waals surface area (Å²) in [4.78, 5) is 4.52. The number of aryl methyl sites for hydroxylation is 1. The third kappa shape index (κ3) is 3.65. The van der Waals surface area contributed by atoms with Crippen LogP contribution < -0.4 is 5.32 Å². The first-order chi connectivity index (χ1) is 12.2. The molecule has 2 aliphatic rings. The van der Waals surface area contributed by atoms with Crippen molar-refractivity contribution in [3.05, 3.63) is 54.1 Å². The third-order valence-corrected chi connectivity index (χ3v) is 5.87. The van der Waals surface area contributed by atoms with E-state index in [2.05, 4.69) is 59.2 Å². The number of rotatable bonds is 4. The molecule has 2 aromatic rings. The van der Waals surface area contributed by atoms with Gasteiger partial charge in [0.1, 0.15) is 11.9 Å². The number of nitrogens with one attached hydrogen (secondary N) is 1. The van der Waals surface area contributed by atoms with Gasteiger partial charge in [-0.3, -0.25) is 0 Å². The Hall–Kier alpha value is -1.65. The first kappa shape index (κ1) is 16.8. The lowest BCUT2D eigenvalue weighted by molar-refractivity contribution is 0.0842. The summed E-state index contributed by atoms with van der Waals surface area (Å²) >= 11 is 0. The molecule has 0 radical (unpaired) electrons. The molecule has 1 aliphatic carbocycles. The van der Waals surface area contributed by atoms with Crippen molar-refractivity contribution in [3.63, 3.8) is 0 Å². The van der Waals surface area contributed by atoms with E-state index in [9.17, 15) is 0 Å². The number of ether oxygens (including phenoxy) is 1. The van der Waals surface area contributed by atoms with Gasteiger partial charge in [-0.1, -0.05) is 37.3 Å². The van der Waals surface area contributed by atoms with Crippen molar-refractivity contribution in [1.29, 1.82) is 0 Å². The molecule has 1 aliphatic heterocycles. The lowest BCUT2D eigenvalue weighted by Gasteiger charge is -2.36. The van der Waals surface area contributed by atoms with Crippen molar-refractivity contribution < 1.29 is 4.74 Å². The summed E-state index contributed by atoms with van der Waals surface area (Å²) in [7, 11) is 2.05. The van der Waals surface area contributed by atoms with Crippen LogP contribution in [0.25, 0.3) is 0 Å². The van der Waals surface area contributed by atoms with E-state index in [4.69, 9.17) is 4.74 Å². The molecule has 0 spiro atoms. The van der Waals surface area contributed by atoms with Crippen LogP contribution in [0.2, 0.25) is 0 Å². The zero-order valence-electron chi connectivity index (χ0n) is 15.3. The number of imidazole rings is 1. The molecule has 25 heavy (non-hydrogen) atoms. The zero-order chi connectivity index (χ0) is 17.2. The van der Waals surface area contributed by atoms with Gasteiger partial charge in [-0.2, -0.15) is 0 Å². The second-order valence-electron chi connectivity index (χ2n) is 7.87. The lowest BCUT2D eigenvalue weighted by Crippen LogP contribution is -2.44. The second kappa shape index (κ2) is 7.30. The molecule has 1 aromatic heterocycles. The number of hydrogen-bond acceptors (Lipinski definition) is 3. The molecule has 0 bridgehead atoms. The molecule has 1 saturated heterocycles. The van der Waals surface area contributed by atoms with E-state index in [1.165, 1.54) is 24.8 Å². The van der Waals surface area contributed by atoms with Crippen LogP contribution in [-0.2, 0) is 11.8 Å². The Bertz CT molecular complexity index is 683. The highest BCUT2D eigenvalue weighted by molar-refractivity contribution is 5.20. The van der Waals surface area contributed by atoms with Crippen LogP contribution in [0.15, 0.2) is 42.7 Å². The van der Waals surface area contributed by atoms with Gasteiger partial charge in [-0.05, 0) is 43.1 Å². The normalized spacial score (nSPS) is 32.8. The minimum absolute atomic E-state index is 0.0763. The van der Waals surface area contributed by atoms with E-state index < -0.39 is 0 Å². The van der Waals surface area contributed by atoms with Crippen molar-refractivity contribution in [3.8, 4) is 0 Å². The van der Waals surface area contributed by atoms with Gasteiger partial charge in [0.2, 0.25) is 0 Å². The van der Waals surface area contributed by atoms with E-state index in [0.29, 0.717) is 18.0 Å². The number of benzene rings is 1. The summed E-state index contributed by atoms with van der Waals surface area (Å²) in [5.41, 5.74) is 1.49. The Morgan fingerprint density at radius 2 is 2.00 bits per heavy atom. The molecule has 4 rings (SSSR count). The summed E-state index contributed by atoms with van der Waals surface area (Å²) in [5.74, 6) is 2.46. The van der Waals surface area contributed by atoms with E-state index >= 15 is 0 Å². The molecule has 134 valence electrons. The highest BCUT2D eigenvalue weighted by Gasteiger charge is 2.36. The fourth-order valence-corrected chi connectivity index (χ4v) is 4.71. The van der Waals surface area contributed by atoms with Crippen LogP contribution in [0.4, 0.5) is 0 Å². The van der Waals surface area contributed by atoms with Crippen LogP contribution in [0, 0.1) is 5.92 Å². The highest BCUT2D eigenvalue weighted by Crippen LogP contribution is 2.37. The van der Waals surface area contributed by atoms with Gasteiger partial charge in [-0.25, -0.2) is 4.98 Å². The molecule has 1 aromatic carbocycles. The van der Waals surface area contributed by atoms with Crippen molar-refractivity contribution >= 4 is 0 Å². The van der Waals surface area contributed by atoms with Gasteiger partial charge in [-0.15, -0.1) is 0 Å². The SMILES string of the molecule is CC1CC(N[C@H]2CCO[C@@H]2c2nccn2C)CC(c2ccccc2)C1. The average molecular weight is 339 g/mol. The molecule has 2 fully saturated rings. The molecule has 3 unspecified atom stereocenters. The topological polar surface area (TPSA) is 39.1 Å². The van der Waals surface area contributed by atoms with Crippen LogP contribution >= 0.6 is 0 Å². The van der Waals surface area contributed by atoms with Crippen LogP contribution in [-0.4, -0.2) is 28.2 Å². The predicted molar refractivity (Wildman–Crippen MR) is 99.4 cm³/mol. The Kier molecular flexibility index (Phi) is 4.91. The molecule has 5 atom stereocenters. The minimum Gasteiger partial charge on any atom is -0.369 e. The summed E-state index contributed by atoms with van der Waals surface area (Å²) in [5, 5.41) is 3.94. The molecule has 2 heterocycles. The first-order valence-corrected chi connectivity index (χ1v) is 9.60. The smallest absolute Gasteiger partial charge is 0.139 e. The highest BCUT2D eigenvalue weighted by atomic mass is 16.5. The molecule has 1 saturated carbocycles. The van der Waals surface area contributed by atoms with Gasteiger partial charge in [0.05, 0.1) is 0 Å². The molecule has 1 N–H and O–H groups in total. The Morgan fingerprint density at radius 1 is 1.16 bits per heavy atom. The van der Waals surface area contributed by atoms with E-state index in [0.717, 1.165) is 24.8 Å². The molecule has 4 nitrogen and oxygen atoms in total. The molecule has 4 heteroatoms. The number of hydrogen-bond donors (Lipinski definition) is 1. The van der Waals surface area contributed by atoms with E-state index in [1.54, 1.807) is 0 Å². The quantitative estimate of drug-likeness (QED) is 0.920. The third-order valence-electron chi connectivity index (χ3n) is 5.87. The van der Waals surface area contributed by atoms with Gasteiger partial charge in [0.15, 0.2) is 0 Å². The second-order valence-corrected chi connectivity index (χ2v) is 7.87. The lowest BCUT2D eigenvalue weighted by atomic mass is 9.76. The van der Waals surface area contributed by atoms with Gasteiger partial charge in [0.25, 0.3) is 0 Å². The number of nitrogens with zero attached hydrogens (tertiary/aromatic N) is 2. The van der Waals surface area contributed by atoms with Crippen molar-refractivity contribution in [1.82, 2.24) is 14.9 Å². The maximum Gasteiger partial charge on any atom is 0.139 e. The van der Waals surface area contributed by atoms with E-state index in [-0.39, 0.29) is 6.10 Å². The largest absolute Gasteiger partial charge is 0.369 e. The Morgan fingerprint density at radius 3 is 2.76 bits per heavy atom. The monoisotopic (exact) mass is 339 g/mol. The van der Waals surface area contributed by atoms with Gasteiger partial charge >= 0.3 is 0 Å².